The molecular weight excluding hydrogens is 370 g/mol. The molecule has 2 aromatic carbocycles. The monoisotopic (exact) mass is 380 g/mol. The molecule has 0 bridgehead atoms. The number of aromatic nitrogens is 2. The second-order valence-electron chi connectivity index (χ2n) is 5.08. The summed E-state index contributed by atoms with van der Waals surface area (Å²) in [5.74, 6) is -1.98. The van der Waals surface area contributed by atoms with E-state index < -0.39 is 18.4 Å². The van der Waals surface area contributed by atoms with Gasteiger partial charge >= 0.3 is 35.6 Å². The van der Waals surface area contributed by atoms with E-state index in [4.69, 9.17) is 16.3 Å². The summed E-state index contributed by atoms with van der Waals surface area (Å²) >= 11 is 5.71. The molecule has 0 spiro atoms. The van der Waals surface area contributed by atoms with Gasteiger partial charge in [-0.3, -0.25) is 0 Å². The SMILES string of the molecule is O=C([O-])COc1nc(-c2ccccc2)cc(-c2ccc(Cl)c(F)c2)n1.[Na+]. The molecule has 0 N–H and O–H groups in total. The Bertz CT molecular complexity index is 926. The normalized spacial score (nSPS) is 10.1. The van der Waals surface area contributed by atoms with E-state index in [2.05, 4.69) is 9.97 Å². The Morgan fingerprint density at radius 2 is 1.69 bits per heavy atom. The van der Waals surface area contributed by atoms with Crippen molar-refractivity contribution in [1.29, 1.82) is 0 Å². The van der Waals surface area contributed by atoms with Crippen molar-refractivity contribution in [3.8, 4) is 28.5 Å². The first kappa shape index (κ1) is 20.3. The van der Waals surface area contributed by atoms with Crippen LogP contribution in [-0.4, -0.2) is 22.5 Å². The Morgan fingerprint density at radius 1 is 1.04 bits per heavy atom. The fourth-order valence-corrected chi connectivity index (χ4v) is 2.29. The Hall–Kier alpha value is -1.99. The second-order valence-corrected chi connectivity index (χ2v) is 5.48. The van der Waals surface area contributed by atoms with Crippen molar-refractivity contribution in [2.45, 2.75) is 0 Å². The van der Waals surface area contributed by atoms with E-state index in [-0.39, 0.29) is 40.6 Å². The van der Waals surface area contributed by atoms with Crippen molar-refractivity contribution in [3.05, 3.63) is 65.4 Å². The van der Waals surface area contributed by atoms with Crippen molar-refractivity contribution < 1.29 is 48.6 Å². The third-order valence-electron chi connectivity index (χ3n) is 3.31. The van der Waals surface area contributed by atoms with Crippen LogP contribution in [0.15, 0.2) is 54.6 Å². The number of rotatable bonds is 5. The molecule has 3 rings (SSSR count). The average molecular weight is 381 g/mol. The van der Waals surface area contributed by atoms with Gasteiger partial charge in [0.2, 0.25) is 0 Å². The summed E-state index contributed by atoms with van der Waals surface area (Å²) in [7, 11) is 0. The second kappa shape index (κ2) is 9.09. The van der Waals surface area contributed by atoms with Crippen molar-refractivity contribution >= 4 is 17.6 Å². The quantitative estimate of drug-likeness (QED) is 0.570. The van der Waals surface area contributed by atoms with Crippen LogP contribution in [0.2, 0.25) is 5.02 Å². The Morgan fingerprint density at radius 3 is 2.31 bits per heavy atom. The molecule has 0 fully saturated rings. The molecule has 0 unspecified atom stereocenters. The molecule has 0 saturated carbocycles. The van der Waals surface area contributed by atoms with Gasteiger partial charge in [-0.1, -0.05) is 48.0 Å². The molecule has 0 radical (unpaired) electrons. The van der Waals surface area contributed by atoms with E-state index in [0.717, 1.165) is 5.56 Å². The summed E-state index contributed by atoms with van der Waals surface area (Å²) < 4.78 is 18.8. The van der Waals surface area contributed by atoms with Crippen LogP contribution in [0.1, 0.15) is 0 Å². The van der Waals surface area contributed by atoms with Crippen LogP contribution >= 0.6 is 11.6 Å². The van der Waals surface area contributed by atoms with Crippen molar-refractivity contribution in [2.75, 3.05) is 6.61 Å². The third-order valence-corrected chi connectivity index (χ3v) is 3.62. The molecule has 0 aliphatic carbocycles. The fraction of sp³-hybridized carbons (Fsp3) is 0.0556. The van der Waals surface area contributed by atoms with Gasteiger partial charge in [0.15, 0.2) is 0 Å². The molecule has 0 saturated heterocycles. The van der Waals surface area contributed by atoms with Crippen molar-refractivity contribution in [2.24, 2.45) is 0 Å². The first-order chi connectivity index (χ1) is 12.0. The van der Waals surface area contributed by atoms with Crippen LogP contribution < -0.4 is 39.4 Å². The summed E-state index contributed by atoms with van der Waals surface area (Å²) in [5, 5.41) is 10.6. The first-order valence-corrected chi connectivity index (χ1v) is 7.63. The van der Waals surface area contributed by atoms with E-state index in [0.29, 0.717) is 17.0 Å². The largest absolute Gasteiger partial charge is 1.00 e. The molecule has 0 atom stereocenters. The van der Waals surface area contributed by atoms with Crippen LogP contribution in [0.3, 0.4) is 0 Å². The van der Waals surface area contributed by atoms with Gasteiger partial charge < -0.3 is 14.6 Å². The molecule has 1 heterocycles. The predicted molar refractivity (Wildman–Crippen MR) is 88.4 cm³/mol. The average Bonchev–Trinajstić information content (AvgIpc) is 2.63. The molecule has 26 heavy (non-hydrogen) atoms. The van der Waals surface area contributed by atoms with Crippen LogP contribution in [0.4, 0.5) is 4.39 Å². The molecule has 0 aliphatic heterocycles. The topological polar surface area (TPSA) is 75.1 Å². The minimum atomic E-state index is -1.40. The van der Waals surface area contributed by atoms with Crippen LogP contribution in [0, 0.1) is 5.82 Å². The number of hydrogen-bond acceptors (Lipinski definition) is 5. The van der Waals surface area contributed by atoms with Crippen LogP contribution in [0.5, 0.6) is 6.01 Å². The summed E-state index contributed by atoms with van der Waals surface area (Å²) in [6.07, 6.45) is 0. The summed E-state index contributed by atoms with van der Waals surface area (Å²) in [6, 6.07) is 15.0. The Kier molecular flexibility index (Phi) is 7.11. The number of carboxylic acid groups (broad SMARTS) is 1. The van der Waals surface area contributed by atoms with Crippen LogP contribution in [-0.2, 0) is 4.79 Å². The minimum absolute atomic E-state index is 0. The number of carboxylic acids is 1. The predicted octanol–water partition coefficient (Wildman–Crippen LogP) is -0.264. The van der Waals surface area contributed by atoms with E-state index in [1.807, 2.05) is 30.3 Å². The summed E-state index contributed by atoms with van der Waals surface area (Å²) in [6.45, 7) is -0.688. The molecule has 0 aliphatic rings. The third kappa shape index (κ3) is 5.02. The summed E-state index contributed by atoms with van der Waals surface area (Å²) in [4.78, 5) is 18.9. The molecule has 3 aromatic rings. The maximum Gasteiger partial charge on any atom is 1.00 e. The van der Waals surface area contributed by atoms with E-state index in [9.17, 15) is 14.3 Å². The minimum Gasteiger partial charge on any atom is -0.546 e. The number of carbonyl (C=O) groups is 1. The van der Waals surface area contributed by atoms with Gasteiger partial charge in [0.25, 0.3) is 0 Å². The van der Waals surface area contributed by atoms with Gasteiger partial charge in [-0.25, -0.2) is 4.39 Å². The van der Waals surface area contributed by atoms with Crippen LogP contribution in [0.25, 0.3) is 22.5 Å². The number of nitrogens with zero attached hydrogens (tertiary/aromatic N) is 2. The number of hydrogen-bond donors (Lipinski definition) is 0. The smallest absolute Gasteiger partial charge is 0.546 e. The van der Waals surface area contributed by atoms with Crippen molar-refractivity contribution in [3.63, 3.8) is 0 Å². The summed E-state index contributed by atoms with van der Waals surface area (Å²) in [5.41, 5.74) is 2.12. The van der Waals surface area contributed by atoms with Gasteiger partial charge in [0.05, 0.1) is 22.4 Å². The fourth-order valence-electron chi connectivity index (χ4n) is 2.17. The van der Waals surface area contributed by atoms with E-state index >= 15 is 0 Å². The molecule has 5 nitrogen and oxygen atoms in total. The standard InChI is InChI=1S/C18H12ClFN2O3.Na/c19-13-7-6-12(8-14(13)20)16-9-15(11-4-2-1-3-5-11)21-18(22-16)25-10-17(23)24;/h1-9H,10H2,(H,23,24);/q;+1/p-1. The van der Waals surface area contributed by atoms with E-state index in [1.54, 1.807) is 12.1 Å². The van der Waals surface area contributed by atoms with Gasteiger partial charge in [-0.15, -0.1) is 0 Å². The maximum absolute atomic E-state index is 13.8. The molecule has 1 aromatic heterocycles. The van der Waals surface area contributed by atoms with Gasteiger partial charge in [0, 0.05) is 11.1 Å². The zero-order chi connectivity index (χ0) is 17.8. The molecule has 126 valence electrons. The number of carbonyl (C=O) groups excluding carboxylic acids is 1. The van der Waals surface area contributed by atoms with E-state index in [1.165, 1.54) is 12.1 Å². The number of halogens is 2. The molecular formula is C18H11ClFN2NaO3. The Balaban J connectivity index is 0.00000243. The number of ether oxygens (including phenoxy) is 1. The van der Waals surface area contributed by atoms with Gasteiger partial charge in [-0.2, -0.15) is 9.97 Å². The maximum atomic E-state index is 13.8. The molecule has 8 heteroatoms. The van der Waals surface area contributed by atoms with Gasteiger partial charge in [-0.05, 0) is 18.2 Å². The molecule has 0 amide bonds. The van der Waals surface area contributed by atoms with Crippen molar-refractivity contribution in [1.82, 2.24) is 9.97 Å². The number of benzene rings is 2. The zero-order valence-corrected chi connectivity index (χ0v) is 16.5. The number of aliphatic carboxylic acids is 1. The van der Waals surface area contributed by atoms with Gasteiger partial charge in [0.1, 0.15) is 12.4 Å². The first-order valence-electron chi connectivity index (χ1n) is 7.25. The zero-order valence-electron chi connectivity index (χ0n) is 13.8. The Labute approximate surface area is 176 Å².